The first-order valence-electron chi connectivity index (χ1n) is 23.0. The van der Waals surface area contributed by atoms with Gasteiger partial charge in [-0.05, 0) is 133 Å². The summed E-state index contributed by atoms with van der Waals surface area (Å²) in [5.41, 5.74) is 0.656. The molecule has 0 radical (unpaired) electrons. The van der Waals surface area contributed by atoms with Crippen LogP contribution in [0, 0.1) is 68.0 Å². The predicted molar refractivity (Wildman–Crippen MR) is 230 cm³/mol. The number of carbonyl (C=O) groups excluding carboxylic acids is 4. The van der Waals surface area contributed by atoms with Gasteiger partial charge in [0.25, 0.3) is 5.91 Å². The van der Waals surface area contributed by atoms with Crippen molar-refractivity contribution in [2.24, 2.45) is 68.0 Å². The quantitative estimate of drug-likeness (QED) is 0.161. The van der Waals surface area contributed by atoms with Crippen LogP contribution in [0.2, 0.25) is 5.02 Å². The molecule has 4 N–H and O–H groups in total. The smallest absolute Gasteiger partial charge is 0.309 e. The number of rotatable bonds is 11. The maximum absolute atomic E-state index is 14.1. The summed E-state index contributed by atoms with van der Waals surface area (Å²) in [4.78, 5) is 66.6. The minimum Gasteiger partial charge on any atom is -0.481 e. The van der Waals surface area contributed by atoms with Crippen LogP contribution in [0.25, 0.3) is 0 Å². The third-order valence-electron chi connectivity index (χ3n) is 18.2. The van der Waals surface area contributed by atoms with Crippen LogP contribution in [-0.2, 0) is 23.9 Å². The minimum atomic E-state index is -1.86. The predicted octanol–water partition coefficient (Wildman–Crippen LogP) is 8.58. The lowest BCUT2D eigenvalue weighted by atomic mass is 9.33. The fourth-order valence-corrected chi connectivity index (χ4v) is 14.8. The number of halogens is 1. The topological polar surface area (TPSA) is 159 Å². The number of carboxylic acid groups (broad SMARTS) is 1. The highest BCUT2D eigenvalue weighted by atomic mass is 35.5. The number of nitrogens with one attached hydrogen (secondary N) is 2. The van der Waals surface area contributed by atoms with E-state index >= 15 is 0 Å². The summed E-state index contributed by atoms with van der Waals surface area (Å²) in [5, 5.41) is 25.7. The van der Waals surface area contributed by atoms with Crippen LogP contribution in [-0.4, -0.2) is 65.0 Å². The van der Waals surface area contributed by atoms with Gasteiger partial charge >= 0.3 is 11.9 Å². The van der Waals surface area contributed by atoms with Crippen LogP contribution in [0.4, 0.5) is 0 Å². The normalized spacial score (nSPS) is 38.8. The average molecular weight is 851 g/mol. The first kappa shape index (κ1) is 43.4. The molecule has 330 valence electrons. The zero-order valence-electron chi connectivity index (χ0n) is 38.3. The molecule has 5 fully saturated rings. The molecule has 7 rings (SSSR count). The van der Waals surface area contributed by atoms with E-state index in [4.69, 9.17) is 17.7 Å². The molecule has 2 amide bonds. The van der Waals surface area contributed by atoms with Gasteiger partial charge < -0.3 is 25.6 Å². The van der Waals surface area contributed by atoms with E-state index in [0.29, 0.717) is 36.1 Å². The molecular weight excluding hydrogens is 780 g/mol. The molecular formula is C49H69ClN2O8. The van der Waals surface area contributed by atoms with Gasteiger partial charge in [-0.15, -0.1) is 0 Å². The monoisotopic (exact) mass is 849 g/mol. The van der Waals surface area contributed by atoms with Crippen LogP contribution in [0.1, 0.15) is 145 Å². The molecule has 0 spiro atoms. The number of aliphatic carboxylic acids is 1. The lowest BCUT2D eigenvalue weighted by molar-refractivity contribution is -0.236. The van der Waals surface area contributed by atoms with Crippen LogP contribution >= 0.6 is 11.6 Å². The number of ether oxygens (including phenoxy) is 1. The van der Waals surface area contributed by atoms with Crippen molar-refractivity contribution in [2.75, 3.05) is 13.2 Å². The van der Waals surface area contributed by atoms with Crippen molar-refractivity contribution in [3.63, 3.8) is 0 Å². The zero-order chi connectivity index (χ0) is 44.9. The largest absolute Gasteiger partial charge is 0.481 e. The van der Waals surface area contributed by atoms with Crippen molar-refractivity contribution >= 4 is 41.1 Å². The Hall–Kier alpha value is -3.24. The molecule has 11 atom stereocenters. The van der Waals surface area contributed by atoms with Gasteiger partial charge in [0.2, 0.25) is 5.91 Å². The van der Waals surface area contributed by atoms with E-state index in [1.807, 2.05) is 13.8 Å². The number of aliphatic hydroxyl groups excluding tert-OH is 1. The van der Waals surface area contributed by atoms with E-state index in [1.54, 1.807) is 12.1 Å². The molecule has 10 nitrogen and oxygen atoms in total. The van der Waals surface area contributed by atoms with Gasteiger partial charge in [-0.25, -0.2) is 0 Å². The lowest BCUT2D eigenvalue weighted by Crippen LogP contribution is -2.66. The number of benzene rings is 1. The molecule has 1 aromatic rings. The number of amides is 2. The first-order valence-corrected chi connectivity index (χ1v) is 22.8. The van der Waals surface area contributed by atoms with E-state index in [0.717, 1.165) is 50.5 Å². The number of hydrogen-bond acceptors (Lipinski definition) is 7. The van der Waals surface area contributed by atoms with Gasteiger partial charge in [0.15, 0.2) is 5.78 Å². The molecule has 60 heavy (non-hydrogen) atoms. The third-order valence-corrected chi connectivity index (χ3v) is 18.5. The SMILES string of the molecule is [2H]C(CO)(CNC(=O)C[C@@]12CC[C@]3(C)[C@H](CC[C@@H]4[C@@]5(C)CC[C@H](OC(=O)[C@H]6C[C@@H](C(=O)O)C6(C)C)C(C)(C)[C@@H]5CC[C@]43C)C1=C(C(C)C)C(=O)C2)NC(=O)c1ccc(Cl)cc1. The van der Waals surface area contributed by atoms with Crippen LogP contribution in [0.3, 0.4) is 0 Å². The van der Waals surface area contributed by atoms with Gasteiger partial charge in [-0.2, -0.15) is 0 Å². The Morgan fingerprint density at radius 3 is 2.18 bits per heavy atom. The van der Waals surface area contributed by atoms with E-state index in [1.165, 1.54) is 17.7 Å². The molecule has 0 saturated heterocycles. The number of aliphatic hydroxyl groups is 1. The number of fused-ring (bicyclic) bond motifs is 7. The highest BCUT2D eigenvalue weighted by Gasteiger charge is 2.70. The van der Waals surface area contributed by atoms with E-state index in [-0.39, 0.29) is 75.8 Å². The first-order chi connectivity index (χ1) is 28.3. The molecule has 11 heteroatoms. The Morgan fingerprint density at radius 2 is 1.57 bits per heavy atom. The number of esters is 1. The summed E-state index contributed by atoms with van der Waals surface area (Å²) < 4.78 is 15.2. The van der Waals surface area contributed by atoms with Crippen LogP contribution in [0.15, 0.2) is 35.4 Å². The molecule has 0 heterocycles. The number of Topliss-reactive ketones (excluding diaryl/α,β-unsaturated/α-hetero) is 1. The Balaban J connectivity index is 1.09. The standard InChI is InChI=1S/C49H69ClN2O8/c1-27(2)39-34(54)23-49(24-38(55)51-25-30(26-53)52-41(56)28-10-12-29(50)13-11-28)21-20-47(8)31(40(39)49)14-15-36-46(7)18-17-37(45(5,6)35(46)16-19-48(36,47)9)60-43(59)33-22-32(42(57)58)44(33,3)4/h10-13,27,30-33,35-37,53H,14-26H2,1-9H3,(H,51,55)(H,52,56)(H,57,58)/t30?,31-,32+,33-,35+,36-,37+,46+,47-,48-,49+/m1/s1/i30D. The van der Waals surface area contributed by atoms with Gasteiger partial charge in [-0.3, -0.25) is 24.0 Å². The summed E-state index contributed by atoms with van der Waals surface area (Å²) in [6, 6.07) is 4.34. The number of allylic oxidation sites excluding steroid dienone is 2. The van der Waals surface area contributed by atoms with Crippen molar-refractivity contribution in [1.29, 1.82) is 0 Å². The van der Waals surface area contributed by atoms with E-state index < -0.39 is 47.2 Å². The second kappa shape index (κ2) is 15.5. The fourth-order valence-electron chi connectivity index (χ4n) is 14.7. The van der Waals surface area contributed by atoms with Gasteiger partial charge in [-0.1, -0.05) is 79.5 Å². The molecule has 0 bridgehead atoms. The second-order valence-corrected chi connectivity index (χ2v) is 22.4. The maximum atomic E-state index is 14.1. The summed E-state index contributed by atoms with van der Waals surface area (Å²) in [6.07, 6.45) is 7.73. The third kappa shape index (κ3) is 6.96. The van der Waals surface area contributed by atoms with Gasteiger partial charge in [0.1, 0.15) is 6.10 Å². The number of ketones is 1. The van der Waals surface area contributed by atoms with Crippen LogP contribution in [0.5, 0.6) is 0 Å². The number of carbonyl (C=O) groups is 5. The highest BCUT2D eigenvalue weighted by molar-refractivity contribution is 6.30. The van der Waals surface area contributed by atoms with Crippen molar-refractivity contribution in [3.8, 4) is 0 Å². The summed E-state index contributed by atoms with van der Waals surface area (Å²) in [7, 11) is 0. The Morgan fingerprint density at radius 1 is 0.883 bits per heavy atom. The lowest BCUT2D eigenvalue weighted by Gasteiger charge is -2.72. The highest BCUT2D eigenvalue weighted by Crippen LogP contribution is 2.77. The molecule has 5 saturated carbocycles. The Kier molecular flexibility index (Phi) is 11.2. The van der Waals surface area contributed by atoms with Crippen molar-refractivity contribution < 1.29 is 40.3 Å². The molecule has 0 aromatic heterocycles. The molecule has 6 aliphatic rings. The molecule has 6 aliphatic carbocycles. The number of carboxylic acids is 1. The van der Waals surface area contributed by atoms with Crippen molar-refractivity contribution in [1.82, 2.24) is 10.6 Å². The molecule has 1 aromatic carbocycles. The van der Waals surface area contributed by atoms with Gasteiger partial charge in [0.05, 0.1) is 25.8 Å². The molecule has 0 aliphatic heterocycles. The Labute approximate surface area is 363 Å². The summed E-state index contributed by atoms with van der Waals surface area (Å²) >= 11 is 5.98. The fraction of sp³-hybridized carbons (Fsp3) is 0.735. The minimum absolute atomic E-state index is 0.00511. The van der Waals surface area contributed by atoms with Gasteiger partial charge in [0, 0.05) is 40.8 Å². The zero-order valence-corrected chi connectivity index (χ0v) is 38.0. The maximum Gasteiger partial charge on any atom is 0.309 e. The van der Waals surface area contributed by atoms with E-state index in [9.17, 15) is 34.2 Å². The second-order valence-electron chi connectivity index (χ2n) is 21.9. The Bertz CT molecular complexity index is 2020. The molecule has 1 unspecified atom stereocenters. The average Bonchev–Trinajstić information content (AvgIpc) is 3.46. The summed E-state index contributed by atoms with van der Waals surface area (Å²) in [6.45, 7) is 18.9. The van der Waals surface area contributed by atoms with E-state index in [2.05, 4.69) is 59.1 Å². The van der Waals surface area contributed by atoms with Crippen LogP contribution < -0.4 is 10.6 Å². The number of hydrogen-bond donors (Lipinski definition) is 4. The van der Waals surface area contributed by atoms with Crippen molar-refractivity contribution in [2.45, 2.75) is 145 Å². The van der Waals surface area contributed by atoms with Crippen molar-refractivity contribution in [3.05, 3.63) is 46.0 Å². The summed E-state index contributed by atoms with van der Waals surface area (Å²) in [5.74, 6) is -1.93.